The van der Waals surface area contributed by atoms with Crippen molar-refractivity contribution in [3.63, 3.8) is 0 Å². The molecule has 0 spiro atoms. The van der Waals surface area contributed by atoms with Crippen molar-refractivity contribution in [1.29, 1.82) is 0 Å². The molecular weight excluding hydrogens is 184 g/mol. The highest BCUT2D eigenvalue weighted by atomic mass is 15.1. The van der Waals surface area contributed by atoms with E-state index < -0.39 is 0 Å². The molecule has 0 bridgehead atoms. The van der Waals surface area contributed by atoms with Gasteiger partial charge in [-0.25, -0.2) is 0 Å². The summed E-state index contributed by atoms with van der Waals surface area (Å²) in [7, 11) is 0. The molecule has 2 N–H and O–H groups in total. The van der Waals surface area contributed by atoms with Crippen molar-refractivity contribution in [2.75, 3.05) is 0 Å². The van der Waals surface area contributed by atoms with Crippen molar-refractivity contribution in [2.45, 2.75) is 32.4 Å². The highest BCUT2D eigenvalue weighted by Crippen LogP contribution is 2.39. The van der Waals surface area contributed by atoms with Crippen LogP contribution < -0.4 is 5.73 Å². The summed E-state index contributed by atoms with van der Waals surface area (Å²) in [6.45, 7) is 2.81. The predicted molar refractivity (Wildman–Crippen MR) is 62.8 cm³/mol. The van der Waals surface area contributed by atoms with Gasteiger partial charge in [-0.1, -0.05) is 12.1 Å². The van der Waals surface area contributed by atoms with Crippen molar-refractivity contribution in [2.24, 2.45) is 5.73 Å². The highest BCUT2D eigenvalue weighted by Gasteiger charge is 2.26. The summed E-state index contributed by atoms with van der Waals surface area (Å²) in [4.78, 5) is 0. The van der Waals surface area contributed by atoms with Crippen molar-refractivity contribution >= 4 is 10.9 Å². The smallest absolute Gasteiger partial charge is 0.0488 e. The molecule has 1 heterocycles. The minimum absolute atomic E-state index is 0.643. The topological polar surface area (TPSA) is 30.9 Å². The van der Waals surface area contributed by atoms with E-state index >= 15 is 0 Å². The zero-order chi connectivity index (χ0) is 10.4. The van der Waals surface area contributed by atoms with Crippen LogP contribution in [0.4, 0.5) is 0 Å². The van der Waals surface area contributed by atoms with Gasteiger partial charge < -0.3 is 10.3 Å². The maximum Gasteiger partial charge on any atom is 0.0488 e. The third-order valence-electron chi connectivity index (χ3n) is 3.30. The van der Waals surface area contributed by atoms with Crippen LogP contribution in [0.2, 0.25) is 0 Å². The summed E-state index contributed by atoms with van der Waals surface area (Å²) in [5, 5.41) is 1.37. The number of fused-ring (bicyclic) bond motifs is 1. The summed E-state index contributed by atoms with van der Waals surface area (Å²) in [6.07, 6.45) is 2.62. The molecule has 0 radical (unpaired) electrons. The monoisotopic (exact) mass is 200 g/mol. The lowest BCUT2D eigenvalue weighted by atomic mass is 10.1. The lowest BCUT2D eigenvalue weighted by Crippen LogP contribution is -2.05. The quantitative estimate of drug-likeness (QED) is 0.794. The second-order valence-electron chi connectivity index (χ2n) is 4.45. The number of benzene rings is 1. The van der Waals surface area contributed by atoms with E-state index in [9.17, 15) is 0 Å². The molecule has 1 saturated carbocycles. The van der Waals surface area contributed by atoms with Gasteiger partial charge in [-0.2, -0.15) is 0 Å². The van der Waals surface area contributed by atoms with Gasteiger partial charge in [0.2, 0.25) is 0 Å². The molecule has 0 aliphatic heterocycles. The van der Waals surface area contributed by atoms with Crippen LogP contribution in [0.1, 0.15) is 30.1 Å². The summed E-state index contributed by atoms with van der Waals surface area (Å²) in [5.74, 6) is 0. The Kier molecular flexibility index (Phi) is 1.86. The SMILES string of the molecule is Cc1cccc2c1cc(CN)n2C1CC1. The first-order valence-corrected chi connectivity index (χ1v) is 5.61. The molecule has 1 aliphatic rings. The van der Waals surface area contributed by atoms with Crippen LogP contribution in [0.3, 0.4) is 0 Å². The molecule has 0 atom stereocenters. The standard InChI is InChI=1S/C13H16N2/c1-9-3-2-4-13-12(9)7-11(8-14)15(13)10-5-6-10/h2-4,7,10H,5-6,8,14H2,1H3. The molecule has 1 fully saturated rings. The minimum atomic E-state index is 0.643. The average Bonchev–Trinajstić information content (AvgIpc) is 3.00. The largest absolute Gasteiger partial charge is 0.340 e. The molecule has 78 valence electrons. The molecule has 0 unspecified atom stereocenters. The number of hydrogen-bond donors (Lipinski definition) is 1. The second kappa shape index (κ2) is 3.11. The fourth-order valence-corrected chi connectivity index (χ4v) is 2.38. The first kappa shape index (κ1) is 8.98. The Labute approximate surface area is 89.7 Å². The Morgan fingerprint density at radius 3 is 2.87 bits per heavy atom. The molecule has 1 aromatic carbocycles. The molecule has 0 saturated heterocycles. The first-order chi connectivity index (χ1) is 7.31. The molecule has 15 heavy (non-hydrogen) atoms. The van der Waals surface area contributed by atoms with Crippen LogP contribution in [-0.2, 0) is 6.54 Å². The molecule has 0 amide bonds. The molecule has 3 rings (SSSR count). The van der Waals surface area contributed by atoms with Gasteiger partial charge >= 0.3 is 0 Å². The van der Waals surface area contributed by atoms with Crippen LogP contribution >= 0.6 is 0 Å². The summed E-state index contributed by atoms with van der Waals surface area (Å²) < 4.78 is 2.43. The van der Waals surface area contributed by atoms with Crippen molar-refractivity contribution in [3.8, 4) is 0 Å². The van der Waals surface area contributed by atoms with E-state index in [-0.39, 0.29) is 0 Å². The summed E-state index contributed by atoms with van der Waals surface area (Å²) in [6, 6.07) is 9.47. The average molecular weight is 200 g/mol. The number of nitrogens with two attached hydrogens (primary N) is 1. The third kappa shape index (κ3) is 1.29. The zero-order valence-electron chi connectivity index (χ0n) is 9.03. The molecule has 2 heteroatoms. The van der Waals surface area contributed by atoms with E-state index in [0.29, 0.717) is 12.6 Å². The van der Waals surface area contributed by atoms with Gasteiger partial charge in [0.25, 0.3) is 0 Å². The lowest BCUT2D eigenvalue weighted by Gasteiger charge is -2.07. The molecule has 2 nitrogen and oxygen atoms in total. The summed E-state index contributed by atoms with van der Waals surface area (Å²) >= 11 is 0. The van der Waals surface area contributed by atoms with E-state index in [4.69, 9.17) is 5.73 Å². The lowest BCUT2D eigenvalue weighted by molar-refractivity contribution is 0.721. The Bertz CT molecular complexity index is 506. The first-order valence-electron chi connectivity index (χ1n) is 5.61. The van der Waals surface area contributed by atoms with Gasteiger partial charge in [0.1, 0.15) is 0 Å². The van der Waals surface area contributed by atoms with E-state index in [2.05, 4.69) is 35.8 Å². The van der Waals surface area contributed by atoms with Gasteiger partial charge in [-0.15, -0.1) is 0 Å². The number of aromatic nitrogens is 1. The Morgan fingerprint density at radius 2 is 2.20 bits per heavy atom. The normalized spacial score (nSPS) is 16.1. The Balaban J connectivity index is 2.33. The van der Waals surface area contributed by atoms with E-state index in [1.807, 2.05) is 0 Å². The fraction of sp³-hybridized carbons (Fsp3) is 0.385. The van der Waals surface area contributed by atoms with Crippen LogP contribution in [-0.4, -0.2) is 4.57 Å². The number of nitrogens with zero attached hydrogens (tertiary/aromatic N) is 1. The molecule has 1 aromatic heterocycles. The van der Waals surface area contributed by atoms with Gasteiger partial charge in [0.15, 0.2) is 0 Å². The van der Waals surface area contributed by atoms with Crippen molar-refractivity contribution < 1.29 is 0 Å². The maximum absolute atomic E-state index is 5.81. The van der Waals surface area contributed by atoms with Crippen LogP contribution in [0.25, 0.3) is 10.9 Å². The van der Waals surface area contributed by atoms with Gasteiger partial charge in [-0.05, 0) is 37.5 Å². The fourth-order valence-electron chi connectivity index (χ4n) is 2.38. The van der Waals surface area contributed by atoms with Gasteiger partial charge in [0, 0.05) is 29.2 Å². The molecule has 2 aromatic rings. The summed E-state index contributed by atoms with van der Waals surface area (Å²) in [5.41, 5.74) is 9.80. The number of aryl methyl sites for hydroxylation is 1. The number of hydrogen-bond acceptors (Lipinski definition) is 1. The van der Waals surface area contributed by atoms with E-state index in [1.54, 1.807) is 0 Å². The zero-order valence-corrected chi connectivity index (χ0v) is 9.03. The van der Waals surface area contributed by atoms with Gasteiger partial charge in [0.05, 0.1) is 0 Å². The van der Waals surface area contributed by atoms with E-state index in [0.717, 1.165) is 0 Å². The van der Waals surface area contributed by atoms with Crippen LogP contribution in [0.5, 0.6) is 0 Å². The Morgan fingerprint density at radius 1 is 1.40 bits per heavy atom. The third-order valence-corrected chi connectivity index (χ3v) is 3.30. The minimum Gasteiger partial charge on any atom is -0.340 e. The van der Waals surface area contributed by atoms with E-state index in [1.165, 1.54) is 35.0 Å². The second-order valence-corrected chi connectivity index (χ2v) is 4.45. The van der Waals surface area contributed by atoms with Crippen molar-refractivity contribution in [1.82, 2.24) is 4.57 Å². The maximum atomic E-state index is 5.81. The highest BCUT2D eigenvalue weighted by molar-refractivity contribution is 5.84. The van der Waals surface area contributed by atoms with Crippen LogP contribution in [0.15, 0.2) is 24.3 Å². The number of rotatable bonds is 2. The predicted octanol–water partition coefficient (Wildman–Crippen LogP) is 2.74. The Hall–Kier alpha value is -1.28. The van der Waals surface area contributed by atoms with Gasteiger partial charge in [-0.3, -0.25) is 0 Å². The van der Waals surface area contributed by atoms with Crippen LogP contribution in [0, 0.1) is 6.92 Å². The molecular formula is C13H16N2. The van der Waals surface area contributed by atoms with Crippen molar-refractivity contribution in [3.05, 3.63) is 35.5 Å². The molecule has 1 aliphatic carbocycles.